The molecule has 4 aromatic rings. The van der Waals surface area contributed by atoms with Crippen LogP contribution in [0.25, 0.3) is 0 Å². The molecule has 0 fully saturated rings. The Bertz CT molecular complexity index is 1180. The predicted molar refractivity (Wildman–Crippen MR) is 128 cm³/mol. The third-order valence-electron chi connectivity index (χ3n) is 4.87. The maximum absolute atomic E-state index is 12.9. The van der Waals surface area contributed by atoms with Gasteiger partial charge < -0.3 is 15.2 Å². The lowest BCUT2D eigenvalue weighted by Crippen LogP contribution is -2.13. The second-order valence-electron chi connectivity index (χ2n) is 7.38. The zero-order valence-electron chi connectivity index (χ0n) is 17.9. The van der Waals surface area contributed by atoms with Crippen molar-refractivity contribution in [3.63, 3.8) is 0 Å². The van der Waals surface area contributed by atoms with E-state index in [1.165, 1.54) is 17.3 Å². The topological polar surface area (TPSA) is 80.0 Å². The third-order valence-corrected chi connectivity index (χ3v) is 5.91. The van der Waals surface area contributed by atoms with E-state index in [0.29, 0.717) is 16.3 Å². The molecule has 1 atom stereocenters. The highest BCUT2D eigenvalue weighted by Gasteiger charge is 2.14. The van der Waals surface area contributed by atoms with Gasteiger partial charge in [0.05, 0.1) is 11.3 Å². The van der Waals surface area contributed by atoms with Crippen molar-refractivity contribution >= 4 is 29.0 Å². The fraction of sp³-hybridized carbons (Fsp3) is 0.160. The van der Waals surface area contributed by atoms with Crippen LogP contribution < -0.4 is 10.6 Å². The van der Waals surface area contributed by atoms with Gasteiger partial charge in [0.15, 0.2) is 0 Å². The maximum atomic E-state index is 12.9. The molecule has 2 aromatic heterocycles. The molecule has 2 heterocycles. The summed E-state index contributed by atoms with van der Waals surface area (Å²) < 4.78 is 5.10. The van der Waals surface area contributed by atoms with Crippen molar-refractivity contribution < 1.29 is 9.32 Å². The number of aromatic nitrogens is 2. The number of hydrogen-bond acceptors (Lipinski definition) is 6. The number of benzene rings is 2. The Hall–Kier alpha value is -3.58. The van der Waals surface area contributed by atoms with Crippen molar-refractivity contribution in [2.24, 2.45) is 0 Å². The number of aryl methyl sites for hydroxylation is 1. The largest absolute Gasteiger partial charge is 0.379 e. The number of hydrogen-bond donors (Lipinski definition) is 2. The zero-order chi connectivity index (χ0) is 22.3. The van der Waals surface area contributed by atoms with Crippen LogP contribution >= 0.6 is 11.8 Å². The van der Waals surface area contributed by atoms with E-state index in [0.717, 1.165) is 22.8 Å². The fourth-order valence-corrected chi connectivity index (χ4v) is 4.10. The summed E-state index contributed by atoms with van der Waals surface area (Å²) in [6.45, 7) is 3.97. The third kappa shape index (κ3) is 5.56. The number of pyridine rings is 1. The Kier molecular flexibility index (Phi) is 6.87. The molecule has 0 radical (unpaired) electrons. The van der Waals surface area contributed by atoms with E-state index in [1.54, 1.807) is 18.3 Å². The van der Waals surface area contributed by atoms with Gasteiger partial charge in [-0.3, -0.25) is 4.79 Å². The van der Waals surface area contributed by atoms with Gasteiger partial charge in [0.2, 0.25) is 0 Å². The molecular weight excluding hydrogens is 420 g/mol. The standard InChI is InChI=1S/C25H24N4O2S/c1-17-15-22(29-31-17)16-32-25-23(9-6-14-26-25)24(30)28-21-12-10-20(11-13-21)27-18(2)19-7-4-3-5-8-19/h3-15,18,27H,16H2,1-2H3,(H,28,30). The number of thioether (sulfide) groups is 1. The first kappa shape index (κ1) is 21.6. The molecule has 0 spiro atoms. The molecule has 0 aliphatic heterocycles. The van der Waals surface area contributed by atoms with Crippen LogP contribution in [-0.2, 0) is 5.75 Å². The summed E-state index contributed by atoms with van der Waals surface area (Å²) in [6, 6.07) is 23.6. The Balaban J connectivity index is 1.38. The Labute approximate surface area is 191 Å². The van der Waals surface area contributed by atoms with Crippen LogP contribution in [0, 0.1) is 6.92 Å². The number of carbonyl (C=O) groups excluding carboxylic acids is 1. The zero-order valence-corrected chi connectivity index (χ0v) is 18.7. The number of anilines is 2. The quantitative estimate of drug-likeness (QED) is 0.320. The van der Waals surface area contributed by atoms with Gasteiger partial charge in [-0.15, -0.1) is 0 Å². The summed E-state index contributed by atoms with van der Waals surface area (Å²) >= 11 is 1.46. The van der Waals surface area contributed by atoms with Gasteiger partial charge in [-0.2, -0.15) is 0 Å². The summed E-state index contributed by atoms with van der Waals surface area (Å²) in [7, 11) is 0. The van der Waals surface area contributed by atoms with Gasteiger partial charge in [0, 0.05) is 35.4 Å². The number of nitrogens with one attached hydrogen (secondary N) is 2. The second-order valence-corrected chi connectivity index (χ2v) is 8.35. The smallest absolute Gasteiger partial charge is 0.258 e. The van der Waals surface area contributed by atoms with E-state index in [-0.39, 0.29) is 11.9 Å². The molecule has 0 saturated carbocycles. The normalized spacial score (nSPS) is 11.7. The minimum absolute atomic E-state index is 0.181. The van der Waals surface area contributed by atoms with Crippen molar-refractivity contribution in [3.05, 3.63) is 102 Å². The van der Waals surface area contributed by atoms with Gasteiger partial charge in [-0.05, 0) is 55.8 Å². The second kappa shape index (κ2) is 10.2. The lowest BCUT2D eigenvalue weighted by Gasteiger charge is -2.16. The van der Waals surface area contributed by atoms with Crippen LogP contribution in [-0.4, -0.2) is 16.0 Å². The Morgan fingerprint density at radius 3 is 2.50 bits per heavy atom. The van der Waals surface area contributed by atoms with Crippen molar-refractivity contribution in [1.82, 2.24) is 10.1 Å². The number of nitrogens with zero attached hydrogens (tertiary/aromatic N) is 2. The molecular formula is C25H24N4O2S. The van der Waals surface area contributed by atoms with Crippen LogP contribution in [0.2, 0.25) is 0 Å². The van der Waals surface area contributed by atoms with E-state index in [2.05, 4.69) is 39.8 Å². The lowest BCUT2D eigenvalue weighted by atomic mass is 10.1. The van der Waals surface area contributed by atoms with E-state index in [4.69, 9.17) is 4.52 Å². The van der Waals surface area contributed by atoms with Gasteiger partial charge in [-0.1, -0.05) is 47.3 Å². The molecule has 4 rings (SSSR count). The first-order valence-corrected chi connectivity index (χ1v) is 11.3. The van der Waals surface area contributed by atoms with Crippen LogP contribution in [0.1, 0.15) is 40.3 Å². The fourth-order valence-electron chi connectivity index (χ4n) is 3.23. The Morgan fingerprint density at radius 1 is 1.03 bits per heavy atom. The highest BCUT2D eigenvalue weighted by Crippen LogP contribution is 2.25. The SMILES string of the molecule is Cc1cc(CSc2ncccc2C(=O)Nc2ccc(NC(C)c3ccccc3)cc2)no1. The van der Waals surface area contributed by atoms with Gasteiger partial charge in [-0.25, -0.2) is 4.98 Å². The minimum atomic E-state index is -0.199. The molecule has 1 amide bonds. The summed E-state index contributed by atoms with van der Waals surface area (Å²) in [4.78, 5) is 17.3. The molecule has 6 nitrogen and oxygen atoms in total. The number of carbonyl (C=O) groups is 1. The summed E-state index contributed by atoms with van der Waals surface area (Å²) in [5.41, 5.74) is 4.27. The minimum Gasteiger partial charge on any atom is -0.379 e. The number of rotatable bonds is 8. The molecule has 32 heavy (non-hydrogen) atoms. The molecule has 0 aliphatic carbocycles. The van der Waals surface area contributed by atoms with Gasteiger partial charge in [0.25, 0.3) is 5.91 Å². The van der Waals surface area contributed by atoms with Crippen LogP contribution in [0.4, 0.5) is 11.4 Å². The van der Waals surface area contributed by atoms with Crippen LogP contribution in [0.3, 0.4) is 0 Å². The summed E-state index contributed by atoms with van der Waals surface area (Å²) in [5, 5.41) is 11.1. The van der Waals surface area contributed by atoms with Crippen molar-refractivity contribution in [3.8, 4) is 0 Å². The maximum Gasteiger partial charge on any atom is 0.258 e. The van der Waals surface area contributed by atoms with Gasteiger partial charge in [0.1, 0.15) is 10.8 Å². The average Bonchev–Trinajstić information content (AvgIpc) is 3.24. The summed E-state index contributed by atoms with van der Waals surface area (Å²) in [6.07, 6.45) is 1.68. The molecule has 7 heteroatoms. The van der Waals surface area contributed by atoms with Crippen molar-refractivity contribution in [2.45, 2.75) is 30.7 Å². The van der Waals surface area contributed by atoms with Crippen molar-refractivity contribution in [2.75, 3.05) is 10.6 Å². The predicted octanol–water partition coefficient (Wildman–Crippen LogP) is 6.10. The van der Waals surface area contributed by atoms with Crippen LogP contribution in [0.15, 0.2) is 88.5 Å². The molecule has 1 unspecified atom stereocenters. The average molecular weight is 445 g/mol. The van der Waals surface area contributed by atoms with Crippen LogP contribution in [0.5, 0.6) is 0 Å². The first-order valence-electron chi connectivity index (χ1n) is 10.3. The van der Waals surface area contributed by atoms with Crippen molar-refractivity contribution in [1.29, 1.82) is 0 Å². The monoisotopic (exact) mass is 444 g/mol. The van der Waals surface area contributed by atoms with E-state index >= 15 is 0 Å². The number of amides is 1. The lowest BCUT2D eigenvalue weighted by molar-refractivity contribution is 0.102. The highest BCUT2D eigenvalue weighted by atomic mass is 32.2. The molecule has 0 saturated heterocycles. The van der Waals surface area contributed by atoms with Gasteiger partial charge >= 0.3 is 0 Å². The molecule has 2 N–H and O–H groups in total. The van der Waals surface area contributed by atoms with E-state index < -0.39 is 0 Å². The molecule has 2 aromatic carbocycles. The Morgan fingerprint density at radius 2 is 1.78 bits per heavy atom. The van der Waals surface area contributed by atoms with E-state index in [1.807, 2.05) is 55.5 Å². The summed E-state index contributed by atoms with van der Waals surface area (Å²) in [5.74, 6) is 1.14. The molecule has 0 aliphatic rings. The van der Waals surface area contributed by atoms with E-state index in [9.17, 15) is 4.79 Å². The molecule has 0 bridgehead atoms. The molecule has 162 valence electrons. The first-order chi connectivity index (χ1) is 15.6. The highest BCUT2D eigenvalue weighted by molar-refractivity contribution is 7.98.